The molecule has 1 fully saturated rings. The van der Waals surface area contributed by atoms with Crippen LogP contribution in [0.25, 0.3) is 0 Å². The maximum Gasteiger partial charge on any atom is 0.244 e. The fraction of sp³-hybridized carbons (Fsp3) is 0.417. The molecule has 1 heterocycles. The average Bonchev–Trinajstić information content (AvgIpc) is 2.76. The van der Waals surface area contributed by atoms with Gasteiger partial charge in [-0.05, 0) is 24.6 Å². The molecule has 2 rings (SSSR count). The van der Waals surface area contributed by atoms with Crippen molar-refractivity contribution < 1.29 is 13.2 Å². The summed E-state index contributed by atoms with van der Waals surface area (Å²) in [5.74, 6) is -0.167. The fourth-order valence-corrected chi connectivity index (χ4v) is 4.24. The Morgan fingerprint density at radius 2 is 2.20 bits per heavy atom. The first-order chi connectivity index (χ1) is 9.30. The smallest absolute Gasteiger partial charge is 0.244 e. The normalized spacial score (nSPS) is 20.0. The molecule has 1 amide bonds. The molecular formula is C12H16ClN3O3S. The summed E-state index contributed by atoms with van der Waals surface area (Å²) in [5.41, 5.74) is 5.97. The van der Waals surface area contributed by atoms with Crippen molar-refractivity contribution >= 4 is 33.2 Å². The highest BCUT2D eigenvalue weighted by atomic mass is 35.5. The predicted octanol–water partition coefficient (Wildman–Crippen LogP) is 0.821. The number of carbonyl (C=O) groups is 1. The van der Waals surface area contributed by atoms with Crippen molar-refractivity contribution in [3.05, 3.63) is 23.2 Å². The van der Waals surface area contributed by atoms with Gasteiger partial charge in [-0.15, -0.1) is 0 Å². The van der Waals surface area contributed by atoms with Gasteiger partial charge in [-0.25, -0.2) is 8.42 Å². The Balaban J connectivity index is 2.21. The minimum atomic E-state index is -3.66. The first-order valence-corrected chi connectivity index (χ1v) is 7.95. The number of amides is 1. The van der Waals surface area contributed by atoms with E-state index in [0.717, 1.165) is 0 Å². The van der Waals surface area contributed by atoms with Crippen molar-refractivity contribution in [2.45, 2.75) is 24.3 Å². The molecule has 1 aliphatic heterocycles. The SMILES string of the molecule is CC(=O)NC1CCN(S(=O)(=O)c2ccc(N)cc2Cl)C1. The van der Waals surface area contributed by atoms with Gasteiger partial charge in [-0.3, -0.25) is 4.79 Å². The van der Waals surface area contributed by atoms with E-state index < -0.39 is 10.0 Å². The third kappa shape index (κ3) is 3.05. The van der Waals surface area contributed by atoms with E-state index in [4.69, 9.17) is 17.3 Å². The Labute approximate surface area is 122 Å². The van der Waals surface area contributed by atoms with Crippen molar-refractivity contribution in [1.82, 2.24) is 9.62 Å². The topological polar surface area (TPSA) is 92.5 Å². The number of hydrogen-bond acceptors (Lipinski definition) is 4. The van der Waals surface area contributed by atoms with Crippen LogP contribution in [0.15, 0.2) is 23.1 Å². The minimum Gasteiger partial charge on any atom is -0.399 e. The Bertz CT molecular complexity index is 633. The molecule has 20 heavy (non-hydrogen) atoms. The van der Waals surface area contributed by atoms with Crippen LogP contribution in [0.2, 0.25) is 5.02 Å². The van der Waals surface area contributed by atoms with Gasteiger partial charge < -0.3 is 11.1 Å². The van der Waals surface area contributed by atoms with E-state index in [-0.39, 0.29) is 28.4 Å². The number of benzene rings is 1. The van der Waals surface area contributed by atoms with Gasteiger partial charge in [0, 0.05) is 31.7 Å². The van der Waals surface area contributed by atoms with Crippen LogP contribution in [0.5, 0.6) is 0 Å². The van der Waals surface area contributed by atoms with Gasteiger partial charge in [0.2, 0.25) is 15.9 Å². The van der Waals surface area contributed by atoms with Crippen molar-refractivity contribution in [3.63, 3.8) is 0 Å². The highest BCUT2D eigenvalue weighted by molar-refractivity contribution is 7.89. The monoisotopic (exact) mass is 317 g/mol. The molecule has 0 saturated carbocycles. The van der Waals surface area contributed by atoms with E-state index in [1.54, 1.807) is 0 Å². The first kappa shape index (κ1) is 15.1. The van der Waals surface area contributed by atoms with Crippen molar-refractivity contribution in [3.8, 4) is 0 Å². The van der Waals surface area contributed by atoms with Gasteiger partial charge >= 0.3 is 0 Å². The standard InChI is InChI=1S/C12H16ClN3O3S/c1-8(17)15-10-4-5-16(7-10)20(18,19)12-3-2-9(14)6-11(12)13/h2-3,6,10H,4-5,7,14H2,1H3,(H,15,17). The molecule has 1 aliphatic rings. The molecule has 8 heteroatoms. The maximum absolute atomic E-state index is 12.5. The van der Waals surface area contributed by atoms with E-state index in [9.17, 15) is 13.2 Å². The number of nitrogen functional groups attached to an aromatic ring is 1. The lowest BCUT2D eigenvalue weighted by Gasteiger charge is -2.17. The van der Waals surface area contributed by atoms with Gasteiger partial charge in [0.05, 0.1) is 5.02 Å². The van der Waals surface area contributed by atoms with Crippen LogP contribution >= 0.6 is 11.6 Å². The Morgan fingerprint density at radius 1 is 1.50 bits per heavy atom. The van der Waals surface area contributed by atoms with E-state index in [2.05, 4.69) is 5.32 Å². The molecule has 110 valence electrons. The van der Waals surface area contributed by atoms with Crippen LogP contribution in [0.1, 0.15) is 13.3 Å². The second-order valence-electron chi connectivity index (χ2n) is 4.74. The fourth-order valence-electron chi connectivity index (χ4n) is 2.22. The molecule has 1 unspecified atom stereocenters. The summed E-state index contributed by atoms with van der Waals surface area (Å²) < 4.78 is 26.3. The largest absolute Gasteiger partial charge is 0.399 e. The Hall–Kier alpha value is -1.31. The van der Waals surface area contributed by atoms with Crippen LogP contribution in [-0.4, -0.2) is 37.8 Å². The molecule has 0 bridgehead atoms. The second kappa shape index (κ2) is 5.59. The van der Waals surface area contributed by atoms with E-state index >= 15 is 0 Å². The summed E-state index contributed by atoms with van der Waals surface area (Å²) in [4.78, 5) is 11.0. The Morgan fingerprint density at radius 3 is 2.80 bits per heavy atom. The summed E-state index contributed by atoms with van der Waals surface area (Å²) in [6.45, 7) is 2.02. The number of halogens is 1. The lowest BCUT2D eigenvalue weighted by atomic mass is 10.3. The summed E-state index contributed by atoms with van der Waals surface area (Å²) >= 11 is 5.96. The first-order valence-electron chi connectivity index (χ1n) is 6.13. The highest BCUT2D eigenvalue weighted by Gasteiger charge is 2.33. The van der Waals surface area contributed by atoms with Crippen molar-refractivity contribution in [1.29, 1.82) is 0 Å². The summed E-state index contributed by atoms with van der Waals surface area (Å²) in [7, 11) is -3.66. The second-order valence-corrected chi connectivity index (χ2v) is 7.05. The summed E-state index contributed by atoms with van der Waals surface area (Å²) in [6.07, 6.45) is 0.589. The van der Waals surface area contributed by atoms with Gasteiger partial charge in [0.15, 0.2) is 0 Å². The van der Waals surface area contributed by atoms with E-state index in [1.807, 2.05) is 0 Å². The number of nitrogens with one attached hydrogen (secondary N) is 1. The van der Waals surface area contributed by atoms with Crippen LogP contribution in [0, 0.1) is 0 Å². The zero-order valence-corrected chi connectivity index (χ0v) is 12.5. The highest BCUT2D eigenvalue weighted by Crippen LogP contribution is 2.28. The van der Waals surface area contributed by atoms with Gasteiger partial charge in [0.25, 0.3) is 0 Å². The third-order valence-electron chi connectivity index (χ3n) is 3.13. The lowest BCUT2D eigenvalue weighted by molar-refractivity contribution is -0.119. The predicted molar refractivity (Wildman–Crippen MR) is 76.8 cm³/mol. The van der Waals surface area contributed by atoms with Crippen molar-refractivity contribution in [2.24, 2.45) is 0 Å². The molecule has 6 nitrogen and oxygen atoms in total. The molecule has 3 N–H and O–H groups in total. The number of anilines is 1. The number of rotatable bonds is 3. The molecule has 1 atom stereocenters. The zero-order valence-electron chi connectivity index (χ0n) is 11.0. The van der Waals surface area contributed by atoms with Crippen LogP contribution in [0.3, 0.4) is 0 Å². The van der Waals surface area contributed by atoms with Crippen LogP contribution in [-0.2, 0) is 14.8 Å². The maximum atomic E-state index is 12.5. The van der Waals surface area contributed by atoms with E-state index in [1.165, 1.54) is 29.4 Å². The molecule has 0 aliphatic carbocycles. The summed E-state index contributed by atoms with van der Waals surface area (Å²) in [5, 5.41) is 2.83. The number of hydrogen-bond donors (Lipinski definition) is 2. The number of nitrogens with zero attached hydrogens (tertiary/aromatic N) is 1. The van der Waals surface area contributed by atoms with Crippen LogP contribution < -0.4 is 11.1 Å². The molecular weight excluding hydrogens is 302 g/mol. The molecule has 0 spiro atoms. The quantitative estimate of drug-likeness (QED) is 0.807. The molecule has 1 saturated heterocycles. The Kier molecular flexibility index (Phi) is 4.22. The molecule has 0 radical (unpaired) electrons. The minimum absolute atomic E-state index is 0.0387. The number of sulfonamides is 1. The lowest BCUT2D eigenvalue weighted by Crippen LogP contribution is -2.37. The molecule has 0 aromatic heterocycles. The van der Waals surface area contributed by atoms with E-state index in [0.29, 0.717) is 18.7 Å². The molecule has 1 aromatic carbocycles. The van der Waals surface area contributed by atoms with Gasteiger partial charge in [-0.1, -0.05) is 11.6 Å². The van der Waals surface area contributed by atoms with Crippen molar-refractivity contribution in [2.75, 3.05) is 18.8 Å². The third-order valence-corrected chi connectivity index (χ3v) is 5.48. The summed E-state index contributed by atoms with van der Waals surface area (Å²) in [6, 6.07) is 4.16. The van der Waals surface area contributed by atoms with Gasteiger partial charge in [-0.2, -0.15) is 4.31 Å². The zero-order chi connectivity index (χ0) is 14.9. The van der Waals surface area contributed by atoms with Crippen LogP contribution in [0.4, 0.5) is 5.69 Å². The average molecular weight is 318 g/mol. The molecule has 1 aromatic rings. The van der Waals surface area contributed by atoms with Gasteiger partial charge in [0.1, 0.15) is 4.90 Å². The number of carbonyl (C=O) groups excluding carboxylic acids is 1. The number of nitrogens with two attached hydrogens (primary N) is 1.